The largest absolute Gasteiger partial charge is 0.318 e. The van der Waals surface area contributed by atoms with Gasteiger partial charge in [0.15, 0.2) is 0 Å². The number of hydrogen-bond acceptors (Lipinski definition) is 2. The van der Waals surface area contributed by atoms with E-state index in [1.54, 1.807) is 0 Å². The van der Waals surface area contributed by atoms with E-state index in [2.05, 4.69) is 143 Å². The molecule has 2 aromatic heterocycles. The van der Waals surface area contributed by atoms with Crippen molar-refractivity contribution in [1.29, 1.82) is 0 Å². The van der Waals surface area contributed by atoms with Gasteiger partial charge < -0.3 is 9.47 Å². The number of nitrogens with zero attached hydrogens (tertiary/aromatic N) is 3. The van der Waals surface area contributed by atoms with Crippen LogP contribution in [0.2, 0.25) is 0 Å². The normalized spacial score (nSPS) is 17.7. The molecule has 0 N–H and O–H groups in total. The van der Waals surface area contributed by atoms with Gasteiger partial charge in [0.1, 0.15) is 5.82 Å². The molecule has 4 aromatic carbocycles. The molecule has 0 radical (unpaired) electrons. The predicted octanol–water partition coefficient (Wildman–Crippen LogP) is 8.58. The molecule has 6 aromatic rings. The highest BCUT2D eigenvalue weighted by Gasteiger charge is 2.38. The SMILES string of the molecule is C1=CC2c3cc(-n4c5ccccc5c5ccccc54)ccc3N(c3cccc(-c4ccccc4)n3)C2C=C1. The molecule has 3 heterocycles. The average molecular weight is 488 g/mol. The molecule has 0 saturated carbocycles. The van der Waals surface area contributed by atoms with E-state index in [-0.39, 0.29) is 12.0 Å². The molecule has 1 aliphatic heterocycles. The minimum absolute atomic E-state index is 0.196. The summed E-state index contributed by atoms with van der Waals surface area (Å²) in [5.74, 6) is 1.25. The number of benzene rings is 4. The smallest absolute Gasteiger partial charge is 0.134 e. The Morgan fingerprint density at radius 3 is 2.11 bits per heavy atom. The highest BCUT2D eigenvalue weighted by molar-refractivity contribution is 6.09. The Morgan fingerprint density at radius 2 is 1.32 bits per heavy atom. The summed E-state index contributed by atoms with van der Waals surface area (Å²) in [5.41, 5.74) is 8.33. The summed E-state index contributed by atoms with van der Waals surface area (Å²) in [6.07, 6.45) is 8.98. The van der Waals surface area contributed by atoms with Gasteiger partial charge in [0.25, 0.3) is 0 Å². The summed E-state index contributed by atoms with van der Waals surface area (Å²) in [5, 5.41) is 2.57. The summed E-state index contributed by atoms with van der Waals surface area (Å²) in [6.45, 7) is 0. The maximum absolute atomic E-state index is 5.13. The first-order valence-electron chi connectivity index (χ1n) is 13.2. The van der Waals surface area contributed by atoms with Crippen molar-refractivity contribution in [2.24, 2.45) is 0 Å². The summed E-state index contributed by atoms with van der Waals surface area (Å²) >= 11 is 0. The zero-order valence-corrected chi connectivity index (χ0v) is 20.8. The lowest BCUT2D eigenvalue weighted by molar-refractivity contribution is 0.738. The molecule has 3 nitrogen and oxygen atoms in total. The number of aromatic nitrogens is 2. The van der Waals surface area contributed by atoms with Crippen LogP contribution < -0.4 is 4.90 Å². The van der Waals surface area contributed by atoms with Crippen LogP contribution in [0.4, 0.5) is 11.5 Å². The van der Waals surface area contributed by atoms with Crippen molar-refractivity contribution in [1.82, 2.24) is 9.55 Å². The number of fused-ring (bicyclic) bond motifs is 6. The molecule has 0 saturated heterocycles. The fourth-order valence-corrected chi connectivity index (χ4v) is 6.26. The molecule has 0 fully saturated rings. The maximum Gasteiger partial charge on any atom is 0.134 e. The van der Waals surface area contributed by atoms with Crippen molar-refractivity contribution in [3.8, 4) is 16.9 Å². The summed E-state index contributed by atoms with van der Waals surface area (Å²) < 4.78 is 2.40. The van der Waals surface area contributed by atoms with Crippen LogP contribution in [0.25, 0.3) is 38.8 Å². The molecule has 8 rings (SSSR count). The third-order valence-electron chi connectivity index (χ3n) is 7.92. The first-order valence-corrected chi connectivity index (χ1v) is 13.2. The Hall–Kier alpha value is -4.89. The molecular formula is C35H25N3. The van der Waals surface area contributed by atoms with Crippen molar-refractivity contribution >= 4 is 33.3 Å². The molecule has 0 bridgehead atoms. The first kappa shape index (κ1) is 21.2. The number of rotatable bonds is 3. The second-order valence-corrected chi connectivity index (χ2v) is 10.0. The van der Waals surface area contributed by atoms with E-state index in [1.165, 1.54) is 38.7 Å². The molecule has 0 spiro atoms. The van der Waals surface area contributed by atoms with Crippen molar-refractivity contribution in [2.45, 2.75) is 12.0 Å². The van der Waals surface area contributed by atoms with Gasteiger partial charge in [-0.3, -0.25) is 0 Å². The number of pyridine rings is 1. The zero-order valence-electron chi connectivity index (χ0n) is 20.8. The van der Waals surface area contributed by atoms with Gasteiger partial charge in [0.05, 0.1) is 22.8 Å². The molecule has 180 valence electrons. The standard InChI is InChI=1S/C35H25N3/c1-2-11-24(12-3-1)30-16-10-20-35(36-30)38-33-19-9-6-15-28(33)29-23-25(21-22-34(29)38)37-31-17-7-4-13-26(31)27-14-5-8-18-32(27)37/h1-23,28,33H. The van der Waals surface area contributed by atoms with E-state index in [4.69, 9.17) is 4.98 Å². The second-order valence-electron chi connectivity index (χ2n) is 10.0. The molecule has 38 heavy (non-hydrogen) atoms. The monoisotopic (exact) mass is 487 g/mol. The lowest BCUT2D eigenvalue weighted by Gasteiger charge is -2.28. The minimum atomic E-state index is 0.196. The summed E-state index contributed by atoms with van der Waals surface area (Å²) in [4.78, 5) is 7.54. The van der Waals surface area contributed by atoms with Gasteiger partial charge in [-0.1, -0.05) is 97.1 Å². The topological polar surface area (TPSA) is 21.1 Å². The van der Waals surface area contributed by atoms with Crippen LogP contribution in [-0.4, -0.2) is 15.6 Å². The van der Waals surface area contributed by atoms with E-state index >= 15 is 0 Å². The molecular weight excluding hydrogens is 462 g/mol. The fraction of sp³-hybridized carbons (Fsp3) is 0.0571. The molecule has 2 atom stereocenters. The van der Waals surface area contributed by atoms with Crippen molar-refractivity contribution in [3.05, 3.63) is 145 Å². The van der Waals surface area contributed by atoms with Crippen molar-refractivity contribution in [3.63, 3.8) is 0 Å². The van der Waals surface area contributed by atoms with Gasteiger partial charge in [0, 0.05) is 33.6 Å². The third-order valence-corrected chi connectivity index (χ3v) is 7.92. The van der Waals surface area contributed by atoms with Crippen LogP contribution in [0.15, 0.2) is 140 Å². The Bertz CT molecular complexity index is 1840. The van der Waals surface area contributed by atoms with Gasteiger partial charge >= 0.3 is 0 Å². The molecule has 2 unspecified atom stereocenters. The number of para-hydroxylation sites is 2. The quantitative estimate of drug-likeness (QED) is 0.249. The predicted molar refractivity (Wildman–Crippen MR) is 157 cm³/mol. The van der Waals surface area contributed by atoms with E-state index in [1.807, 2.05) is 6.07 Å². The maximum atomic E-state index is 5.13. The van der Waals surface area contributed by atoms with Crippen LogP contribution in [0.3, 0.4) is 0 Å². The Morgan fingerprint density at radius 1 is 0.605 bits per heavy atom. The Labute approximate surface area is 221 Å². The van der Waals surface area contributed by atoms with Gasteiger partial charge in [-0.25, -0.2) is 4.98 Å². The number of hydrogen-bond donors (Lipinski definition) is 0. The van der Waals surface area contributed by atoms with Crippen LogP contribution >= 0.6 is 0 Å². The summed E-state index contributed by atoms with van der Waals surface area (Å²) in [7, 11) is 0. The first-order chi connectivity index (χ1) is 18.9. The number of allylic oxidation sites excluding steroid dienone is 2. The van der Waals surface area contributed by atoms with Crippen LogP contribution in [0.1, 0.15) is 11.5 Å². The summed E-state index contributed by atoms with van der Waals surface area (Å²) in [6, 6.07) is 41.3. The second kappa shape index (κ2) is 8.32. The van der Waals surface area contributed by atoms with E-state index in [9.17, 15) is 0 Å². The molecule has 2 aliphatic rings. The van der Waals surface area contributed by atoms with Crippen LogP contribution in [0, 0.1) is 0 Å². The Kier molecular flexibility index (Phi) is 4.65. The van der Waals surface area contributed by atoms with Gasteiger partial charge in [-0.15, -0.1) is 0 Å². The van der Waals surface area contributed by atoms with Crippen LogP contribution in [-0.2, 0) is 0 Å². The van der Waals surface area contributed by atoms with Gasteiger partial charge in [0.2, 0.25) is 0 Å². The highest BCUT2D eigenvalue weighted by atomic mass is 15.2. The van der Waals surface area contributed by atoms with E-state index in [0.29, 0.717) is 0 Å². The van der Waals surface area contributed by atoms with Crippen molar-refractivity contribution < 1.29 is 0 Å². The third kappa shape index (κ3) is 3.12. The van der Waals surface area contributed by atoms with E-state index in [0.717, 1.165) is 17.1 Å². The average Bonchev–Trinajstić information content (AvgIpc) is 3.50. The lowest BCUT2D eigenvalue weighted by atomic mass is 9.91. The molecule has 1 aliphatic carbocycles. The van der Waals surface area contributed by atoms with Crippen LogP contribution in [0.5, 0.6) is 0 Å². The van der Waals surface area contributed by atoms with Crippen molar-refractivity contribution in [2.75, 3.05) is 4.90 Å². The lowest BCUT2D eigenvalue weighted by Crippen LogP contribution is -2.29. The fourth-order valence-electron chi connectivity index (χ4n) is 6.26. The van der Waals surface area contributed by atoms with Gasteiger partial charge in [-0.2, -0.15) is 0 Å². The highest BCUT2D eigenvalue weighted by Crippen LogP contribution is 2.48. The molecule has 0 amide bonds. The Balaban J connectivity index is 1.30. The number of anilines is 2. The zero-order chi connectivity index (χ0) is 25.1. The van der Waals surface area contributed by atoms with Gasteiger partial charge in [-0.05, 0) is 48.0 Å². The van der Waals surface area contributed by atoms with E-state index < -0.39 is 0 Å². The minimum Gasteiger partial charge on any atom is -0.318 e. The molecule has 3 heteroatoms.